The molecule has 1 saturated heterocycles. The number of hydrogen-bond donors (Lipinski definition) is 3. The van der Waals surface area contributed by atoms with Crippen LogP contribution in [0.25, 0.3) is 0 Å². The van der Waals surface area contributed by atoms with Gasteiger partial charge < -0.3 is 4.74 Å². The largest absolute Gasteiger partial charge is 0.573 e. The molecular weight excluding hydrogens is 415 g/mol. The lowest BCUT2D eigenvalue weighted by atomic mass is 10.0. The second-order valence-electron chi connectivity index (χ2n) is 6.61. The number of benzene rings is 1. The molecule has 11 heteroatoms. The Morgan fingerprint density at radius 3 is 2.32 bits per heavy atom. The zero-order valence-electron chi connectivity index (χ0n) is 15.3. The van der Waals surface area contributed by atoms with E-state index in [0.717, 1.165) is 23.4 Å². The molecule has 3 N–H and O–H groups in total. The first-order chi connectivity index (χ1) is 13.0. The number of hydrogen-bond acceptors (Lipinski definition) is 6. The monoisotopic (exact) mass is 435 g/mol. The molecule has 28 heavy (non-hydrogen) atoms. The number of anilines is 1. The highest BCUT2D eigenvalue weighted by atomic mass is 32.2. The molecule has 1 aliphatic rings. The Hall–Kier alpha value is -1.82. The van der Waals surface area contributed by atoms with Crippen LogP contribution in [-0.2, 0) is 10.0 Å². The molecule has 0 radical (unpaired) electrons. The summed E-state index contributed by atoms with van der Waals surface area (Å²) in [5, 5.41) is 0. The van der Waals surface area contributed by atoms with Crippen LogP contribution in [0.2, 0.25) is 0 Å². The van der Waals surface area contributed by atoms with Crippen molar-refractivity contribution in [1.82, 2.24) is 10.9 Å². The van der Waals surface area contributed by atoms with Gasteiger partial charge in [-0.2, -0.15) is 0 Å². The topological polar surface area (TPSA) is 79.5 Å². The van der Waals surface area contributed by atoms with Crippen LogP contribution >= 0.6 is 11.3 Å². The smallest absolute Gasteiger partial charge is 0.406 e. The third-order valence-electron chi connectivity index (χ3n) is 4.30. The molecule has 2 atom stereocenters. The van der Waals surface area contributed by atoms with Crippen molar-refractivity contribution in [3.63, 3.8) is 0 Å². The van der Waals surface area contributed by atoms with E-state index in [1.165, 1.54) is 23.5 Å². The molecule has 1 aliphatic heterocycles. The molecule has 1 fully saturated rings. The summed E-state index contributed by atoms with van der Waals surface area (Å²) in [5.74, 6) is -0.422. The average molecular weight is 435 g/mol. The number of rotatable bonds is 5. The third kappa shape index (κ3) is 4.59. The summed E-state index contributed by atoms with van der Waals surface area (Å²) >= 11 is 1.40. The lowest BCUT2D eigenvalue weighted by Gasteiger charge is -2.15. The van der Waals surface area contributed by atoms with Gasteiger partial charge in [0.05, 0.1) is 6.04 Å². The van der Waals surface area contributed by atoms with E-state index in [9.17, 15) is 21.6 Å². The lowest BCUT2D eigenvalue weighted by Crippen LogP contribution is -2.29. The maximum absolute atomic E-state index is 13.0. The van der Waals surface area contributed by atoms with Gasteiger partial charge in [0, 0.05) is 27.0 Å². The van der Waals surface area contributed by atoms with Gasteiger partial charge in [-0.1, -0.05) is 0 Å². The fourth-order valence-electron chi connectivity index (χ4n) is 3.25. The first-order valence-corrected chi connectivity index (χ1v) is 10.8. The van der Waals surface area contributed by atoms with E-state index in [0.29, 0.717) is 10.4 Å². The summed E-state index contributed by atoms with van der Waals surface area (Å²) in [6.07, 6.45) is -4.07. The summed E-state index contributed by atoms with van der Waals surface area (Å²) < 4.78 is 69.1. The van der Waals surface area contributed by atoms with Crippen molar-refractivity contribution in [3.8, 4) is 5.75 Å². The van der Waals surface area contributed by atoms with Crippen molar-refractivity contribution in [2.24, 2.45) is 0 Å². The fraction of sp³-hybridized carbons (Fsp3) is 0.412. The summed E-state index contributed by atoms with van der Waals surface area (Å²) in [4.78, 5) is 1.76. The lowest BCUT2D eigenvalue weighted by molar-refractivity contribution is -0.274. The first kappa shape index (κ1) is 20.9. The van der Waals surface area contributed by atoms with Crippen LogP contribution in [0.4, 0.5) is 18.9 Å². The molecule has 154 valence electrons. The molecule has 2 unspecified atom stereocenters. The van der Waals surface area contributed by atoms with Crippen LogP contribution < -0.4 is 20.3 Å². The summed E-state index contributed by atoms with van der Waals surface area (Å²) in [6.45, 7) is 5.61. The quantitative estimate of drug-likeness (QED) is 0.662. The normalized spacial score (nSPS) is 20.4. The highest BCUT2D eigenvalue weighted by Crippen LogP contribution is 2.39. The van der Waals surface area contributed by atoms with Crippen LogP contribution in [-0.4, -0.2) is 20.8 Å². The van der Waals surface area contributed by atoms with Gasteiger partial charge in [-0.15, -0.1) is 24.5 Å². The highest BCUT2D eigenvalue weighted by molar-refractivity contribution is 7.93. The predicted octanol–water partition coefficient (Wildman–Crippen LogP) is 3.99. The number of sulfonamides is 1. The van der Waals surface area contributed by atoms with Gasteiger partial charge in [-0.25, -0.2) is 13.8 Å². The van der Waals surface area contributed by atoms with Crippen molar-refractivity contribution in [3.05, 3.63) is 39.6 Å². The van der Waals surface area contributed by atoms with Gasteiger partial charge in [0.1, 0.15) is 10.6 Å². The maximum Gasteiger partial charge on any atom is 0.573 e. The molecule has 0 spiro atoms. The molecule has 0 bridgehead atoms. The second-order valence-corrected chi connectivity index (χ2v) is 9.66. The van der Waals surface area contributed by atoms with Gasteiger partial charge >= 0.3 is 6.36 Å². The van der Waals surface area contributed by atoms with Crippen LogP contribution in [0.15, 0.2) is 29.2 Å². The molecular formula is C17H20F3N3O3S2. The van der Waals surface area contributed by atoms with E-state index in [2.05, 4.69) is 20.3 Å². The summed E-state index contributed by atoms with van der Waals surface area (Å²) in [5.41, 5.74) is 7.07. The van der Waals surface area contributed by atoms with Gasteiger partial charge in [0.25, 0.3) is 10.0 Å². The summed E-state index contributed by atoms with van der Waals surface area (Å²) in [6, 6.07) is 4.63. The zero-order chi connectivity index (χ0) is 20.7. The van der Waals surface area contributed by atoms with Crippen LogP contribution in [0.3, 0.4) is 0 Å². The minimum absolute atomic E-state index is 0.144. The van der Waals surface area contributed by atoms with Gasteiger partial charge in [-0.3, -0.25) is 10.1 Å². The van der Waals surface area contributed by atoms with Crippen molar-refractivity contribution in [2.75, 3.05) is 4.72 Å². The van der Waals surface area contributed by atoms with E-state index in [1.807, 2.05) is 13.8 Å². The molecule has 0 amide bonds. The molecule has 2 aromatic rings. The number of alkyl halides is 3. The molecule has 1 aromatic carbocycles. The average Bonchev–Trinajstić information content (AvgIpc) is 3.10. The van der Waals surface area contributed by atoms with E-state index >= 15 is 0 Å². The molecule has 3 rings (SSSR count). The standard InChI is InChI=1S/C17H20F3N3O3S2/c1-9-8-14(22-21-9)15-10(2)27-11(3)16(15)28(24,25)23-12-4-6-13(7-5-12)26-17(18,19)20/h4-7,9,14,21-23H,8H2,1-3H3. The molecule has 0 aliphatic carbocycles. The Labute approximate surface area is 165 Å². The Balaban J connectivity index is 1.88. The number of aryl methyl sites for hydroxylation is 2. The van der Waals surface area contributed by atoms with Crippen LogP contribution in [0, 0.1) is 13.8 Å². The van der Waals surface area contributed by atoms with Crippen molar-refractivity contribution < 1.29 is 26.3 Å². The molecule has 1 aromatic heterocycles. The Morgan fingerprint density at radius 1 is 1.14 bits per heavy atom. The van der Waals surface area contributed by atoms with Gasteiger partial charge in [0.15, 0.2) is 0 Å². The van der Waals surface area contributed by atoms with Crippen molar-refractivity contribution in [2.45, 2.75) is 50.5 Å². The minimum atomic E-state index is -4.80. The van der Waals surface area contributed by atoms with Gasteiger partial charge in [0.2, 0.25) is 0 Å². The van der Waals surface area contributed by atoms with E-state index in [-0.39, 0.29) is 22.7 Å². The number of halogens is 3. The van der Waals surface area contributed by atoms with E-state index in [4.69, 9.17) is 0 Å². The highest BCUT2D eigenvalue weighted by Gasteiger charge is 2.33. The zero-order valence-corrected chi connectivity index (χ0v) is 17.0. The number of hydrazine groups is 1. The van der Waals surface area contributed by atoms with Crippen LogP contribution in [0.1, 0.15) is 34.7 Å². The summed E-state index contributed by atoms with van der Waals surface area (Å²) in [7, 11) is -3.93. The first-order valence-electron chi connectivity index (χ1n) is 8.46. The molecule has 0 saturated carbocycles. The molecule has 2 heterocycles. The van der Waals surface area contributed by atoms with E-state index < -0.39 is 22.1 Å². The number of nitrogens with one attached hydrogen (secondary N) is 3. The van der Waals surface area contributed by atoms with Gasteiger partial charge in [-0.05, 0) is 51.5 Å². The van der Waals surface area contributed by atoms with Crippen LogP contribution in [0.5, 0.6) is 5.75 Å². The SMILES string of the molecule is Cc1sc(C)c(S(=O)(=O)Nc2ccc(OC(F)(F)F)cc2)c1C1CC(C)NN1. The maximum atomic E-state index is 13.0. The second kappa shape index (κ2) is 7.54. The Kier molecular flexibility index (Phi) is 5.63. The van der Waals surface area contributed by atoms with Crippen molar-refractivity contribution in [1.29, 1.82) is 0 Å². The van der Waals surface area contributed by atoms with Crippen molar-refractivity contribution >= 4 is 27.0 Å². The number of thiophene rings is 1. The Morgan fingerprint density at radius 2 is 1.79 bits per heavy atom. The Bertz CT molecular complexity index is 957. The fourth-order valence-corrected chi connectivity index (χ4v) is 6.30. The molecule has 6 nitrogen and oxygen atoms in total. The van der Waals surface area contributed by atoms with E-state index in [1.54, 1.807) is 6.92 Å². The predicted molar refractivity (Wildman–Crippen MR) is 101 cm³/mol. The number of ether oxygens (including phenoxy) is 1. The minimum Gasteiger partial charge on any atom is -0.406 e. The third-order valence-corrected chi connectivity index (χ3v) is 7.03.